The molecule has 0 aliphatic carbocycles. The third-order valence-corrected chi connectivity index (χ3v) is 5.93. The molecule has 0 spiro atoms. The van der Waals surface area contributed by atoms with E-state index in [2.05, 4.69) is 0 Å². The molecule has 0 aliphatic heterocycles. The molecule has 0 aromatic rings. The average Bonchev–Trinajstić information content (AvgIpc) is 2.35. The van der Waals surface area contributed by atoms with Crippen LogP contribution in [0, 0.1) is 5.41 Å². The summed E-state index contributed by atoms with van der Waals surface area (Å²) in [6, 6.07) is 0. The maximum atomic E-state index is 12.2. The van der Waals surface area contributed by atoms with E-state index in [9.17, 15) is 13.0 Å². The van der Waals surface area contributed by atoms with E-state index in [1.807, 2.05) is 48.5 Å². The summed E-state index contributed by atoms with van der Waals surface area (Å²) in [5.41, 5.74) is -0.695. The van der Waals surface area contributed by atoms with E-state index in [1.165, 1.54) is 10.6 Å². The van der Waals surface area contributed by atoms with Crippen molar-refractivity contribution >= 4 is 18.1 Å². The molecule has 9 heteroatoms. The predicted molar refractivity (Wildman–Crippen MR) is 101 cm³/mol. The summed E-state index contributed by atoms with van der Waals surface area (Å²) in [6.07, 6.45) is 0.641. The van der Waals surface area contributed by atoms with Gasteiger partial charge in [-0.05, 0) is 37.7 Å². The lowest BCUT2D eigenvalue weighted by Crippen LogP contribution is -2.51. The van der Waals surface area contributed by atoms with Gasteiger partial charge in [-0.1, -0.05) is 20.8 Å². The molecule has 1 unspecified atom stereocenters. The molecule has 0 radical (unpaired) electrons. The summed E-state index contributed by atoms with van der Waals surface area (Å²) in [7, 11) is -5.66. The first-order valence-electron chi connectivity index (χ1n) is 8.39. The second kappa shape index (κ2) is 9.72. The lowest BCUT2D eigenvalue weighted by Gasteiger charge is -2.38. The van der Waals surface area contributed by atoms with E-state index in [0.29, 0.717) is 0 Å². The molecule has 0 fully saturated rings. The van der Waals surface area contributed by atoms with Crippen LogP contribution in [-0.4, -0.2) is 67.5 Å². The first-order valence-corrected chi connectivity index (χ1v) is 11.6. The molecule has 0 rings (SSSR count). The van der Waals surface area contributed by atoms with Crippen molar-refractivity contribution in [1.82, 2.24) is 4.31 Å². The van der Waals surface area contributed by atoms with E-state index >= 15 is 0 Å². The van der Waals surface area contributed by atoms with E-state index < -0.39 is 29.7 Å². The van der Waals surface area contributed by atoms with E-state index in [1.54, 1.807) is 0 Å². The summed E-state index contributed by atoms with van der Waals surface area (Å²) in [5.74, 6) is 0. The Morgan fingerprint density at radius 2 is 1.68 bits per heavy atom. The maximum Gasteiger partial charge on any atom is 0.507 e. The Labute approximate surface area is 154 Å². The topological polar surface area (TPSA) is 93.1 Å². The zero-order valence-electron chi connectivity index (χ0n) is 16.8. The molecule has 3 atom stereocenters. The van der Waals surface area contributed by atoms with Gasteiger partial charge >= 0.3 is 8.03 Å². The SMILES string of the molecule is C[C@H](O[C@H](COCC[P+](=O)O)CN(C(C)(C)C)S(C)(=O)=O)C(C)(C)C. The molecular weight excluding hydrogens is 365 g/mol. The molecule has 25 heavy (non-hydrogen) atoms. The summed E-state index contributed by atoms with van der Waals surface area (Å²) in [4.78, 5) is 8.84. The lowest BCUT2D eigenvalue weighted by molar-refractivity contribution is -0.0933. The third kappa shape index (κ3) is 10.6. The van der Waals surface area contributed by atoms with Gasteiger partial charge in [0.1, 0.15) is 0 Å². The van der Waals surface area contributed by atoms with Crippen molar-refractivity contribution in [3.8, 4) is 0 Å². The number of hydrogen-bond donors (Lipinski definition) is 1. The van der Waals surface area contributed by atoms with Crippen molar-refractivity contribution in [3.05, 3.63) is 0 Å². The molecular formula is C16H35NO6PS+. The van der Waals surface area contributed by atoms with Crippen LogP contribution < -0.4 is 0 Å². The van der Waals surface area contributed by atoms with Gasteiger partial charge in [0, 0.05) is 12.1 Å². The van der Waals surface area contributed by atoms with Gasteiger partial charge in [-0.15, -0.1) is 0 Å². The van der Waals surface area contributed by atoms with Crippen molar-refractivity contribution in [1.29, 1.82) is 0 Å². The van der Waals surface area contributed by atoms with Crippen LogP contribution in [0.2, 0.25) is 0 Å². The van der Waals surface area contributed by atoms with Crippen LogP contribution in [0.25, 0.3) is 0 Å². The van der Waals surface area contributed by atoms with Gasteiger partial charge in [0.2, 0.25) is 16.2 Å². The lowest BCUT2D eigenvalue weighted by atomic mass is 9.90. The highest BCUT2D eigenvalue weighted by molar-refractivity contribution is 7.88. The molecule has 0 saturated heterocycles. The molecule has 0 saturated carbocycles. The second-order valence-corrected chi connectivity index (χ2v) is 11.4. The quantitative estimate of drug-likeness (QED) is 0.448. The average molecular weight is 400 g/mol. The minimum absolute atomic E-state index is 0.0476. The summed E-state index contributed by atoms with van der Waals surface area (Å²) in [6.45, 7) is 14.0. The first-order chi connectivity index (χ1) is 11.0. The van der Waals surface area contributed by atoms with Crippen molar-refractivity contribution < 1.29 is 27.3 Å². The predicted octanol–water partition coefficient (Wildman–Crippen LogP) is 2.62. The minimum Gasteiger partial charge on any atom is -0.374 e. The molecule has 1 N–H and O–H groups in total. The van der Waals surface area contributed by atoms with Gasteiger partial charge in [-0.2, -0.15) is 9.20 Å². The minimum atomic E-state index is -3.42. The van der Waals surface area contributed by atoms with Gasteiger partial charge in [-0.3, -0.25) is 0 Å². The number of sulfonamides is 1. The molecule has 0 bridgehead atoms. The molecule has 7 nitrogen and oxygen atoms in total. The highest BCUT2D eigenvalue weighted by Gasteiger charge is 2.34. The van der Waals surface area contributed by atoms with Gasteiger partial charge in [-0.25, -0.2) is 8.42 Å². The smallest absolute Gasteiger partial charge is 0.374 e. The van der Waals surface area contributed by atoms with Gasteiger partial charge < -0.3 is 9.47 Å². The number of rotatable bonds is 10. The molecule has 0 heterocycles. The van der Waals surface area contributed by atoms with Crippen molar-refractivity contribution in [2.45, 2.75) is 66.2 Å². The fourth-order valence-electron chi connectivity index (χ4n) is 2.08. The molecule has 0 aromatic heterocycles. The Hall–Kier alpha value is -0.110. The van der Waals surface area contributed by atoms with Gasteiger partial charge in [0.25, 0.3) is 0 Å². The van der Waals surface area contributed by atoms with Gasteiger partial charge in [0.05, 0.1) is 31.7 Å². The van der Waals surface area contributed by atoms with E-state index in [0.717, 1.165) is 0 Å². The van der Waals surface area contributed by atoms with Crippen molar-refractivity contribution in [2.75, 3.05) is 32.2 Å². The fourth-order valence-corrected chi connectivity index (χ4v) is 3.79. The zero-order chi connectivity index (χ0) is 20.1. The molecule has 0 aliphatic rings. The number of ether oxygens (including phenoxy) is 2. The monoisotopic (exact) mass is 400 g/mol. The Balaban J connectivity index is 5.17. The Bertz CT molecular complexity index is 524. The van der Waals surface area contributed by atoms with Crippen LogP contribution in [-0.2, 0) is 24.1 Å². The van der Waals surface area contributed by atoms with Crippen LogP contribution in [0.15, 0.2) is 0 Å². The summed E-state index contributed by atoms with van der Waals surface area (Å²) >= 11 is 0. The fraction of sp³-hybridized carbons (Fsp3) is 1.00. The van der Waals surface area contributed by atoms with Gasteiger partial charge in [0.15, 0.2) is 0 Å². The zero-order valence-corrected chi connectivity index (χ0v) is 18.5. The maximum absolute atomic E-state index is 12.2. The molecule has 0 aromatic carbocycles. The number of hydrogen-bond acceptors (Lipinski definition) is 5. The third-order valence-electron chi connectivity index (χ3n) is 3.86. The standard InChI is InChI=1S/C16H34NO6PS/c1-13(15(2,3)4)23-14(12-22-9-10-24(18)19)11-17(16(5,6)7)25(8,20)21/h13-14H,9-12H2,1-8H3/p+1/t13-,14-/m0/s1. The normalized spacial score (nSPS) is 16.8. The second-order valence-electron chi connectivity index (χ2n) is 8.38. The van der Waals surface area contributed by atoms with Crippen LogP contribution in [0.4, 0.5) is 0 Å². The van der Waals surface area contributed by atoms with Crippen LogP contribution in [0.3, 0.4) is 0 Å². The van der Waals surface area contributed by atoms with Crippen molar-refractivity contribution in [2.24, 2.45) is 5.41 Å². The summed E-state index contributed by atoms with van der Waals surface area (Å²) in [5, 5.41) is 0. The highest BCUT2D eigenvalue weighted by Crippen LogP contribution is 2.25. The van der Waals surface area contributed by atoms with Crippen LogP contribution in [0.1, 0.15) is 48.5 Å². The van der Waals surface area contributed by atoms with E-state index in [-0.39, 0.29) is 37.4 Å². The molecule has 150 valence electrons. The van der Waals surface area contributed by atoms with Crippen LogP contribution in [0.5, 0.6) is 0 Å². The Morgan fingerprint density at radius 1 is 1.16 bits per heavy atom. The van der Waals surface area contributed by atoms with Crippen molar-refractivity contribution in [3.63, 3.8) is 0 Å². The first kappa shape index (κ1) is 24.9. The highest BCUT2D eigenvalue weighted by atomic mass is 32.2. The largest absolute Gasteiger partial charge is 0.507 e. The van der Waals surface area contributed by atoms with E-state index in [4.69, 9.17) is 14.4 Å². The Kier molecular flexibility index (Phi) is 9.67. The van der Waals surface area contributed by atoms with Crippen LogP contribution >= 0.6 is 8.03 Å². The summed E-state index contributed by atoms with van der Waals surface area (Å²) < 4.78 is 48.0. The Morgan fingerprint density at radius 3 is 2.04 bits per heavy atom. The number of nitrogens with zero attached hydrogens (tertiary/aromatic N) is 1. The molecule has 0 amide bonds.